The van der Waals surface area contributed by atoms with Gasteiger partial charge in [-0.1, -0.05) is 6.07 Å². The summed E-state index contributed by atoms with van der Waals surface area (Å²) in [6.07, 6.45) is 1.42. The van der Waals surface area contributed by atoms with Crippen LogP contribution in [0.15, 0.2) is 18.2 Å². The molecule has 3 rings (SSSR count). The first kappa shape index (κ1) is 13.1. The molecule has 0 saturated carbocycles. The average molecular weight is 276 g/mol. The van der Waals surface area contributed by atoms with Crippen LogP contribution in [0.3, 0.4) is 0 Å². The number of rotatable bonds is 3. The Morgan fingerprint density at radius 2 is 2.10 bits per heavy atom. The summed E-state index contributed by atoms with van der Waals surface area (Å²) < 4.78 is 15.7. The molecular formula is C14H16N2O4. The number of benzene rings is 1. The van der Waals surface area contributed by atoms with Crippen molar-refractivity contribution in [2.24, 2.45) is 0 Å². The minimum absolute atomic E-state index is 0.228. The van der Waals surface area contributed by atoms with E-state index in [1.54, 1.807) is 13.2 Å². The van der Waals surface area contributed by atoms with Crippen molar-refractivity contribution in [1.29, 1.82) is 0 Å². The minimum atomic E-state index is -1.22. The van der Waals surface area contributed by atoms with Crippen LogP contribution >= 0.6 is 0 Å². The van der Waals surface area contributed by atoms with E-state index < -0.39 is 5.79 Å². The molecule has 1 aromatic heterocycles. The normalized spacial score (nSPS) is 22.1. The third-order valence-corrected chi connectivity index (χ3v) is 3.47. The van der Waals surface area contributed by atoms with Gasteiger partial charge in [0, 0.05) is 12.0 Å². The summed E-state index contributed by atoms with van der Waals surface area (Å²) in [5.41, 5.74) is 1.33. The van der Waals surface area contributed by atoms with Crippen molar-refractivity contribution in [3.63, 3.8) is 0 Å². The highest BCUT2D eigenvalue weighted by molar-refractivity contribution is 5.84. The first-order valence-electron chi connectivity index (χ1n) is 6.43. The van der Waals surface area contributed by atoms with Gasteiger partial charge in [-0.05, 0) is 18.6 Å². The fourth-order valence-corrected chi connectivity index (χ4v) is 2.42. The quantitative estimate of drug-likeness (QED) is 0.918. The second-order valence-corrected chi connectivity index (χ2v) is 4.69. The smallest absolute Gasteiger partial charge is 0.320 e. The highest BCUT2D eigenvalue weighted by Crippen LogP contribution is 2.35. The molecule has 0 aliphatic carbocycles. The van der Waals surface area contributed by atoms with Gasteiger partial charge in [-0.15, -0.1) is 0 Å². The number of hydrogen-bond donors (Lipinski definition) is 1. The number of methoxy groups -OCH3 is 2. The van der Waals surface area contributed by atoms with Crippen molar-refractivity contribution in [3.05, 3.63) is 23.8 Å². The Bertz CT molecular complexity index is 638. The molecule has 1 fully saturated rings. The molecule has 0 bridgehead atoms. The number of aromatic nitrogens is 2. The van der Waals surface area contributed by atoms with E-state index in [1.165, 1.54) is 7.11 Å². The molecule has 1 aliphatic rings. The highest BCUT2D eigenvalue weighted by Gasteiger charge is 2.34. The summed E-state index contributed by atoms with van der Waals surface area (Å²) in [6, 6.07) is 5.65. The molecule has 6 nitrogen and oxygen atoms in total. The molecule has 20 heavy (non-hydrogen) atoms. The van der Waals surface area contributed by atoms with Crippen LogP contribution in [0.25, 0.3) is 10.9 Å². The van der Waals surface area contributed by atoms with Gasteiger partial charge in [-0.25, -0.2) is 0 Å². The number of nitrogens with zero attached hydrogens (tertiary/aromatic N) is 2. The largest absolute Gasteiger partial charge is 0.480 e. The maximum atomic E-state index is 10.4. The molecule has 2 heterocycles. The Morgan fingerprint density at radius 1 is 1.25 bits per heavy atom. The van der Waals surface area contributed by atoms with Crippen LogP contribution in [-0.4, -0.2) is 35.9 Å². The molecule has 0 radical (unpaired) electrons. The van der Waals surface area contributed by atoms with Crippen molar-refractivity contribution in [1.82, 2.24) is 9.97 Å². The third kappa shape index (κ3) is 2.07. The van der Waals surface area contributed by atoms with E-state index >= 15 is 0 Å². The van der Waals surface area contributed by atoms with Crippen LogP contribution in [0, 0.1) is 0 Å². The minimum Gasteiger partial charge on any atom is -0.480 e. The predicted octanol–water partition coefficient (Wildman–Crippen LogP) is 1.60. The lowest BCUT2D eigenvalue weighted by atomic mass is 10.0. The fraction of sp³-hybridized carbons (Fsp3) is 0.429. The van der Waals surface area contributed by atoms with E-state index in [2.05, 4.69) is 9.97 Å². The zero-order valence-corrected chi connectivity index (χ0v) is 11.4. The SMILES string of the molecule is COc1nc(OC)c2ccc(C3(O)CCCO3)cc2n1. The Hall–Kier alpha value is -1.92. The Kier molecular flexibility index (Phi) is 3.19. The zero-order chi connectivity index (χ0) is 14.2. The number of aliphatic hydroxyl groups is 1. The topological polar surface area (TPSA) is 73.7 Å². The van der Waals surface area contributed by atoms with Gasteiger partial charge in [-0.3, -0.25) is 0 Å². The Morgan fingerprint density at radius 3 is 2.75 bits per heavy atom. The number of fused-ring (bicyclic) bond motifs is 1. The molecule has 0 amide bonds. The molecule has 6 heteroatoms. The third-order valence-electron chi connectivity index (χ3n) is 3.47. The summed E-state index contributed by atoms with van der Waals surface area (Å²) in [4.78, 5) is 8.42. The van der Waals surface area contributed by atoms with Crippen molar-refractivity contribution < 1.29 is 19.3 Å². The van der Waals surface area contributed by atoms with E-state index in [0.717, 1.165) is 11.8 Å². The van der Waals surface area contributed by atoms with Crippen molar-refractivity contribution >= 4 is 10.9 Å². The molecule has 2 aromatic rings. The molecule has 1 aliphatic heterocycles. The van der Waals surface area contributed by atoms with E-state index in [9.17, 15) is 5.11 Å². The summed E-state index contributed by atoms with van der Waals surface area (Å²) in [6.45, 7) is 0.560. The van der Waals surface area contributed by atoms with Gasteiger partial charge in [0.05, 0.1) is 31.7 Å². The first-order valence-corrected chi connectivity index (χ1v) is 6.43. The monoisotopic (exact) mass is 276 g/mol. The summed E-state index contributed by atoms with van der Waals surface area (Å²) >= 11 is 0. The van der Waals surface area contributed by atoms with E-state index in [1.807, 2.05) is 12.1 Å². The van der Waals surface area contributed by atoms with Crippen LogP contribution < -0.4 is 9.47 Å². The molecule has 1 saturated heterocycles. The van der Waals surface area contributed by atoms with Crippen LogP contribution in [0.2, 0.25) is 0 Å². The summed E-state index contributed by atoms with van der Waals surface area (Å²) in [5.74, 6) is -0.780. The highest BCUT2D eigenvalue weighted by atomic mass is 16.6. The molecule has 0 spiro atoms. The average Bonchev–Trinajstić information content (AvgIpc) is 2.93. The maximum Gasteiger partial charge on any atom is 0.320 e. The van der Waals surface area contributed by atoms with Gasteiger partial charge in [0.2, 0.25) is 5.88 Å². The van der Waals surface area contributed by atoms with Gasteiger partial charge in [0.1, 0.15) is 0 Å². The van der Waals surface area contributed by atoms with Crippen LogP contribution in [0.5, 0.6) is 11.9 Å². The van der Waals surface area contributed by atoms with Gasteiger partial charge < -0.3 is 19.3 Å². The molecule has 1 N–H and O–H groups in total. The predicted molar refractivity (Wildman–Crippen MR) is 71.7 cm³/mol. The molecule has 1 unspecified atom stereocenters. The van der Waals surface area contributed by atoms with E-state index in [-0.39, 0.29) is 6.01 Å². The van der Waals surface area contributed by atoms with Crippen LogP contribution in [0.1, 0.15) is 18.4 Å². The Labute approximate surface area is 116 Å². The Balaban J connectivity index is 2.14. The second kappa shape index (κ2) is 4.88. The molecule has 106 valence electrons. The lowest BCUT2D eigenvalue weighted by Crippen LogP contribution is -2.23. The lowest BCUT2D eigenvalue weighted by molar-refractivity contribution is -0.178. The zero-order valence-electron chi connectivity index (χ0n) is 11.4. The number of ether oxygens (including phenoxy) is 3. The second-order valence-electron chi connectivity index (χ2n) is 4.69. The van der Waals surface area contributed by atoms with E-state index in [0.29, 0.717) is 30.0 Å². The van der Waals surface area contributed by atoms with E-state index in [4.69, 9.17) is 14.2 Å². The summed E-state index contributed by atoms with van der Waals surface area (Å²) in [7, 11) is 3.04. The van der Waals surface area contributed by atoms with Gasteiger partial charge in [-0.2, -0.15) is 9.97 Å². The first-order chi connectivity index (χ1) is 9.66. The van der Waals surface area contributed by atoms with Crippen LogP contribution in [0.4, 0.5) is 0 Å². The molecule has 1 atom stereocenters. The number of hydrogen-bond acceptors (Lipinski definition) is 6. The van der Waals surface area contributed by atoms with Crippen LogP contribution in [-0.2, 0) is 10.5 Å². The van der Waals surface area contributed by atoms with Crippen molar-refractivity contribution in [3.8, 4) is 11.9 Å². The van der Waals surface area contributed by atoms with Gasteiger partial charge in [0.25, 0.3) is 0 Å². The van der Waals surface area contributed by atoms with Gasteiger partial charge >= 0.3 is 6.01 Å². The van der Waals surface area contributed by atoms with Crippen molar-refractivity contribution in [2.75, 3.05) is 20.8 Å². The maximum absolute atomic E-state index is 10.4. The fourth-order valence-electron chi connectivity index (χ4n) is 2.42. The summed E-state index contributed by atoms with van der Waals surface area (Å²) in [5, 5.41) is 11.2. The molecular weight excluding hydrogens is 260 g/mol. The lowest BCUT2D eigenvalue weighted by Gasteiger charge is -2.22. The van der Waals surface area contributed by atoms with Gasteiger partial charge in [0.15, 0.2) is 5.79 Å². The molecule has 1 aromatic carbocycles. The van der Waals surface area contributed by atoms with Crippen molar-refractivity contribution in [2.45, 2.75) is 18.6 Å². The standard InChI is InChI=1S/C14H16N2O4/c1-18-12-10-5-4-9(14(17)6-3-7-20-14)8-11(10)15-13(16-12)19-2/h4-5,8,17H,3,6-7H2,1-2H3.